The Morgan fingerprint density at radius 2 is 1.82 bits per heavy atom. The van der Waals surface area contributed by atoms with Gasteiger partial charge in [-0.25, -0.2) is 0 Å². The molecular formula is C11H7BrF3NO. The maximum Gasteiger partial charge on any atom is 0.417 e. The molecule has 0 atom stereocenters. The van der Waals surface area contributed by atoms with Crippen LogP contribution in [0.25, 0.3) is 11.3 Å². The summed E-state index contributed by atoms with van der Waals surface area (Å²) in [7, 11) is 0. The van der Waals surface area contributed by atoms with Gasteiger partial charge in [-0.2, -0.15) is 13.2 Å². The molecule has 0 bridgehead atoms. The van der Waals surface area contributed by atoms with Crippen LogP contribution in [0.1, 0.15) is 5.56 Å². The van der Waals surface area contributed by atoms with Gasteiger partial charge in [0.05, 0.1) is 5.56 Å². The summed E-state index contributed by atoms with van der Waals surface area (Å²) in [4.78, 5) is 0. The van der Waals surface area contributed by atoms with E-state index in [2.05, 4.69) is 15.9 Å². The molecule has 0 saturated carbocycles. The Morgan fingerprint density at radius 1 is 1.12 bits per heavy atom. The average molecular weight is 306 g/mol. The summed E-state index contributed by atoms with van der Waals surface area (Å²) in [6.45, 7) is 0. The van der Waals surface area contributed by atoms with Gasteiger partial charge in [-0.1, -0.05) is 0 Å². The zero-order valence-corrected chi connectivity index (χ0v) is 9.97. The normalized spacial score (nSPS) is 11.8. The third-order valence-corrected chi connectivity index (χ3v) is 2.61. The van der Waals surface area contributed by atoms with Crippen LogP contribution in [-0.2, 0) is 6.18 Å². The summed E-state index contributed by atoms with van der Waals surface area (Å²) in [6, 6.07) is 6.59. The molecule has 0 saturated heterocycles. The Balaban J connectivity index is 2.61. The third kappa shape index (κ3) is 2.46. The van der Waals surface area contributed by atoms with Crippen molar-refractivity contribution in [3.8, 4) is 11.3 Å². The maximum absolute atomic E-state index is 12.8. The molecule has 0 unspecified atom stereocenters. The lowest BCUT2D eigenvalue weighted by molar-refractivity contribution is -0.137. The summed E-state index contributed by atoms with van der Waals surface area (Å²) >= 11 is 3.05. The van der Waals surface area contributed by atoms with Crippen LogP contribution >= 0.6 is 15.9 Å². The summed E-state index contributed by atoms with van der Waals surface area (Å²) < 4.78 is 43.9. The van der Waals surface area contributed by atoms with Gasteiger partial charge in [0.1, 0.15) is 5.76 Å². The van der Waals surface area contributed by atoms with Gasteiger partial charge >= 0.3 is 6.18 Å². The van der Waals surface area contributed by atoms with E-state index in [1.807, 2.05) is 0 Å². The molecule has 17 heavy (non-hydrogen) atoms. The molecule has 0 fully saturated rings. The molecule has 2 N–H and O–H groups in total. The second kappa shape index (κ2) is 4.10. The van der Waals surface area contributed by atoms with Crippen molar-refractivity contribution < 1.29 is 17.6 Å². The Kier molecular flexibility index (Phi) is 2.91. The van der Waals surface area contributed by atoms with Gasteiger partial charge in [0.25, 0.3) is 0 Å². The van der Waals surface area contributed by atoms with Crippen LogP contribution < -0.4 is 5.73 Å². The Labute approximate surface area is 103 Å². The van der Waals surface area contributed by atoms with E-state index >= 15 is 0 Å². The lowest BCUT2D eigenvalue weighted by Crippen LogP contribution is -2.07. The van der Waals surface area contributed by atoms with E-state index in [4.69, 9.17) is 10.2 Å². The number of anilines is 1. The number of benzene rings is 1. The van der Waals surface area contributed by atoms with Crippen molar-refractivity contribution in [1.29, 1.82) is 0 Å². The number of nitrogen functional groups attached to an aromatic ring is 1. The topological polar surface area (TPSA) is 39.2 Å². The molecule has 1 aromatic carbocycles. The molecule has 1 heterocycles. The highest BCUT2D eigenvalue weighted by molar-refractivity contribution is 9.10. The highest BCUT2D eigenvalue weighted by Crippen LogP contribution is 2.39. The molecule has 2 nitrogen and oxygen atoms in total. The first kappa shape index (κ1) is 12.0. The highest BCUT2D eigenvalue weighted by Gasteiger charge is 2.34. The van der Waals surface area contributed by atoms with Gasteiger partial charge < -0.3 is 10.2 Å². The highest BCUT2D eigenvalue weighted by atomic mass is 79.9. The number of nitrogens with two attached hydrogens (primary N) is 1. The minimum Gasteiger partial charge on any atom is -0.449 e. The zero-order valence-electron chi connectivity index (χ0n) is 8.38. The summed E-state index contributed by atoms with van der Waals surface area (Å²) in [6.07, 6.45) is -4.47. The van der Waals surface area contributed by atoms with E-state index in [0.717, 1.165) is 6.07 Å². The SMILES string of the molecule is Nc1ccc(-c2ccc(Br)o2)c(C(F)(F)F)c1. The standard InChI is InChI=1S/C11H7BrF3NO/c12-10-4-3-9(17-10)7-2-1-6(16)5-8(7)11(13,14)15/h1-5H,16H2. The molecule has 0 spiro atoms. The summed E-state index contributed by atoms with van der Waals surface area (Å²) in [5.74, 6) is 0.143. The van der Waals surface area contributed by atoms with Crippen molar-refractivity contribution >= 4 is 21.6 Å². The van der Waals surface area contributed by atoms with Crippen molar-refractivity contribution in [2.24, 2.45) is 0 Å². The average Bonchev–Trinajstić information content (AvgIpc) is 2.63. The second-order valence-electron chi connectivity index (χ2n) is 3.41. The molecule has 0 aliphatic rings. The first-order valence-electron chi connectivity index (χ1n) is 4.60. The van der Waals surface area contributed by atoms with Crippen LogP contribution in [0.5, 0.6) is 0 Å². The maximum atomic E-state index is 12.8. The van der Waals surface area contributed by atoms with Crippen molar-refractivity contribution in [3.05, 3.63) is 40.6 Å². The van der Waals surface area contributed by atoms with Crippen molar-refractivity contribution in [2.75, 3.05) is 5.73 Å². The largest absolute Gasteiger partial charge is 0.449 e. The van der Waals surface area contributed by atoms with E-state index < -0.39 is 11.7 Å². The quantitative estimate of drug-likeness (QED) is 0.797. The van der Waals surface area contributed by atoms with Crippen molar-refractivity contribution in [3.63, 3.8) is 0 Å². The fourth-order valence-corrected chi connectivity index (χ4v) is 1.78. The fraction of sp³-hybridized carbons (Fsp3) is 0.0909. The van der Waals surface area contributed by atoms with Crippen LogP contribution in [0, 0.1) is 0 Å². The van der Waals surface area contributed by atoms with Crippen molar-refractivity contribution in [2.45, 2.75) is 6.18 Å². The second-order valence-corrected chi connectivity index (χ2v) is 4.19. The molecule has 0 amide bonds. The molecule has 0 aliphatic carbocycles. The minimum absolute atomic E-state index is 0.0302. The van der Waals surface area contributed by atoms with Gasteiger partial charge in [0.2, 0.25) is 0 Å². The van der Waals surface area contributed by atoms with Gasteiger partial charge in [-0.3, -0.25) is 0 Å². The smallest absolute Gasteiger partial charge is 0.417 e. The number of furan rings is 1. The van der Waals surface area contributed by atoms with E-state index in [1.54, 1.807) is 0 Å². The van der Waals surface area contributed by atoms with Gasteiger partial charge in [-0.05, 0) is 46.3 Å². The van der Waals surface area contributed by atoms with Gasteiger partial charge in [-0.15, -0.1) is 0 Å². The number of hydrogen-bond acceptors (Lipinski definition) is 2. The molecule has 6 heteroatoms. The predicted octanol–water partition coefficient (Wildman–Crippen LogP) is 4.31. The number of alkyl halides is 3. The molecule has 2 rings (SSSR count). The number of hydrogen-bond donors (Lipinski definition) is 1. The number of rotatable bonds is 1. The Bertz CT molecular complexity index is 548. The summed E-state index contributed by atoms with van der Waals surface area (Å²) in [5, 5.41) is 0. The molecule has 2 aromatic rings. The molecule has 1 aromatic heterocycles. The van der Waals surface area contributed by atoms with Gasteiger partial charge in [0, 0.05) is 11.3 Å². The zero-order chi connectivity index (χ0) is 12.6. The third-order valence-electron chi connectivity index (χ3n) is 2.19. The predicted molar refractivity (Wildman–Crippen MR) is 61.3 cm³/mol. The minimum atomic E-state index is -4.47. The lowest BCUT2D eigenvalue weighted by atomic mass is 10.0. The van der Waals surface area contributed by atoms with Crippen LogP contribution in [0.4, 0.5) is 18.9 Å². The van der Waals surface area contributed by atoms with E-state index in [0.29, 0.717) is 4.67 Å². The van der Waals surface area contributed by atoms with E-state index in [-0.39, 0.29) is 17.0 Å². The first-order chi connectivity index (χ1) is 7.88. The molecule has 0 aliphatic heterocycles. The monoisotopic (exact) mass is 305 g/mol. The first-order valence-corrected chi connectivity index (χ1v) is 5.39. The Morgan fingerprint density at radius 3 is 2.35 bits per heavy atom. The Hall–Kier alpha value is -1.43. The van der Waals surface area contributed by atoms with Crippen LogP contribution in [0.2, 0.25) is 0 Å². The van der Waals surface area contributed by atoms with Crippen molar-refractivity contribution in [1.82, 2.24) is 0 Å². The lowest BCUT2D eigenvalue weighted by Gasteiger charge is -2.11. The fourth-order valence-electron chi connectivity index (χ4n) is 1.47. The van der Waals surface area contributed by atoms with Crippen LogP contribution in [0.3, 0.4) is 0 Å². The molecular weight excluding hydrogens is 299 g/mol. The summed E-state index contributed by atoms with van der Waals surface area (Å²) in [5.41, 5.74) is 4.59. The van der Waals surface area contributed by atoms with Crippen LogP contribution in [-0.4, -0.2) is 0 Å². The molecule has 0 radical (unpaired) electrons. The molecule has 90 valence electrons. The van der Waals surface area contributed by atoms with Crippen LogP contribution in [0.15, 0.2) is 39.4 Å². The van der Waals surface area contributed by atoms with E-state index in [1.165, 1.54) is 24.3 Å². The number of halogens is 4. The van der Waals surface area contributed by atoms with E-state index in [9.17, 15) is 13.2 Å². The van der Waals surface area contributed by atoms with Gasteiger partial charge in [0.15, 0.2) is 4.67 Å².